The van der Waals surface area contributed by atoms with Gasteiger partial charge in [-0.3, -0.25) is 9.69 Å². The van der Waals surface area contributed by atoms with Crippen molar-refractivity contribution in [3.8, 4) is 0 Å². The first-order chi connectivity index (χ1) is 15.0. The van der Waals surface area contributed by atoms with E-state index in [0.29, 0.717) is 30.8 Å². The van der Waals surface area contributed by atoms with E-state index < -0.39 is 0 Å². The van der Waals surface area contributed by atoms with Crippen LogP contribution in [0, 0.1) is 5.92 Å². The first-order valence-corrected chi connectivity index (χ1v) is 12.2. The molecule has 1 atom stereocenters. The Hall–Kier alpha value is -2.08. The predicted molar refractivity (Wildman–Crippen MR) is 124 cm³/mol. The molecule has 3 aliphatic rings. The van der Waals surface area contributed by atoms with E-state index in [1.807, 2.05) is 17.0 Å². The van der Waals surface area contributed by atoms with Gasteiger partial charge in [0.25, 0.3) is 0 Å². The molecule has 170 valence electrons. The molecule has 3 amide bonds. The lowest BCUT2D eigenvalue weighted by atomic mass is 9.94. The van der Waals surface area contributed by atoms with Crippen molar-refractivity contribution in [1.82, 2.24) is 14.7 Å². The van der Waals surface area contributed by atoms with Crippen molar-refractivity contribution in [1.29, 1.82) is 0 Å². The third-order valence-corrected chi connectivity index (χ3v) is 7.34. The highest BCUT2D eigenvalue weighted by atomic mass is 16.2. The number of urea groups is 1. The van der Waals surface area contributed by atoms with Crippen LogP contribution >= 0.6 is 0 Å². The molecule has 2 heterocycles. The summed E-state index contributed by atoms with van der Waals surface area (Å²) in [5, 5.41) is 3.04. The molecule has 31 heavy (non-hydrogen) atoms. The van der Waals surface area contributed by atoms with Crippen LogP contribution in [0.1, 0.15) is 63.9 Å². The Labute approximate surface area is 187 Å². The highest BCUT2D eigenvalue weighted by molar-refractivity contribution is 5.89. The molecule has 0 bridgehead atoms. The Bertz CT molecular complexity index is 743. The van der Waals surface area contributed by atoms with Crippen LogP contribution in [-0.2, 0) is 4.79 Å². The van der Waals surface area contributed by atoms with Crippen LogP contribution in [0.4, 0.5) is 10.5 Å². The van der Waals surface area contributed by atoms with Crippen LogP contribution in [0.15, 0.2) is 24.3 Å². The maximum absolute atomic E-state index is 13.4. The average molecular weight is 427 g/mol. The second-order valence-corrected chi connectivity index (χ2v) is 9.75. The van der Waals surface area contributed by atoms with Gasteiger partial charge in [0.2, 0.25) is 5.91 Å². The van der Waals surface area contributed by atoms with E-state index in [9.17, 15) is 9.59 Å². The number of anilines is 1. The van der Waals surface area contributed by atoms with Crippen LogP contribution in [0.2, 0.25) is 0 Å². The first kappa shape index (κ1) is 22.1. The van der Waals surface area contributed by atoms with E-state index in [1.165, 1.54) is 18.4 Å². The molecule has 6 nitrogen and oxygen atoms in total. The van der Waals surface area contributed by atoms with E-state index in [2.05, 4.69) is 41.1 Å². The second-order valence-electron chi connectivity index (χ2n) is 9.75. The van der Waals surface area contributed by atoms with Crippen LogP contribution in [0.5, 0.6) is 0 Å². The zero-order chi connectivity index (χ0) is 21.8. The summed E-state index contributed by atoms with van der Waals surface area (Å²) >= 11 is 0. The van der Waals surface area contributed by atoms with Crippen molar-refractivity contribution >= 4 is 17.6 Å². The minimum Gasteiger partial charge on any atom is -0.341 e. The lowest BCUT2D eigenvalue weighted by Gasteiger charge is -2.41. The van der Waals surface area contributed by atoms with Crippen molar-refractivity contribution in [3.05, 3.63) is 29.8 Å². The summed E-state index contributed by atoms with van der Waals surface area (Å²) in [4.78, 5) is 32.5. The smallest absolute Gasteiger partial charge is 0.321 e. The van der Waals surface area contributed by atoms with Crippen LogP contribution in [-0.4, -0.2) is 71.9 Å². The summed E-state index contributed by atoms with van der Waals surface area (Å²) in [6, 6.07) is 8.08. The highest BCUT2D eigenvalue weighted by Crippen LogP contribution is 2.32. The number of carbonyl (C=O) groups is 2. The lowest BCUT2D eigenvalue weighted by Crippen LogP contribution is -2.58. The summed E-state index contributed by atoms with van der Waals surface area (Å²) in [5.74, 6) is 1.30. The number of likely N-dealkylation sites (tertiary alicyclic amines) is 1. The number of piperazine rings is 1. The van der Waals surface area contributed by atoms with E-state index in [-0.39, 0.29) is 12.1 Å². The highest BCUT2D eigenvalue weighted by Gasteiger charge is 2.39. The molecule has 6 heteroatoms. The van der Waals surface area contributed by atoms with E-state index in [4.69, 9.17) is 0 Å². The zero-order valence-corrected chi connectivity index (χ0v) is 19.2. The minimum absolute atomic E-state index is 0.00869. The number of hydrogen-bond donors (Lipinski definition) is 1. The molecule has 2 aliphatic heterocycles. The molecule has 1 N–H and O–H groups in total. The van der Waals surface area contributed by atoms with Crippen molar-refractivity contribution in [2.45, 2.75) is 64.3 Å². The van der Waals surface area contributed by atoms with E-state index >= 15 is 0 Å². The number of hydrogen-bond acceptors (Lipinski definition) is 3. The molecule has 0 radical (unpaired) electrons. The molecule has 4 rings (SSSR count). The van der Waals surface area contributed by atoms with Gasteiger partial charge in [0.15, 0.2) is 0 Å². The summed E-state index contributed by atoms with van der Waals surface area (Å²) in [6.45, 7) is 9.07. The molecular formula is C25H38N4O2. The van der Waals surface area contributed by atoms with Crippen molar-refractivity contribution in [2.24, 2.45) is 5.92 Å². The minimum atomic E-state index is -0.0415. The van der Waals surface area contributed by atoms with Crippen molar-refractivity contribution < 1.29 is 9.59 Å². The standard InChI is InChI=1S/C25H38N4O2/c1-19(2)20-9-11-22(12-10-20)26-25(31)29-17-15-27(16-18-29)23(21-7-3-4-8-21)24(30)28-13-5-6-14-28/h9-12,19,21,23H,3-8,13-18H2,1-2H3,(H,26,31). The van der Waals surface area contributed by atoms with Gasteiger partial charge in [-0.2, -0.15) is 0 Å². The van der Waals surface area contributed by atoms with Gasteiger partial charge in [-0.1, -0.05) is 38.8 Å². The summed E-state index contributed by atoms with van der Waals surface area (Å²) < 4.78 is 0. The van der Waals surface area contributed by atoms with Gasteiger partial charge in [0.05, 0.1) is 6.04 Å². The van der Waals surface area contributed by atoms with Crippen LogP contribution < -0.4 is 5.32 Å². The Morgan fingerprint density at radius 3 is 2.03 bits per heavy atom. The number of amides is 3. The fourth-order valence-corrected chi connectivity index (χ4v) is 5.41. The van der Waals surface area contributed by atoms with Gasteiger partial charge >= 0.3 is 6.03 Å². The number of nitrogens with zero attached hydrogens (tertiary/aromatic N) is 3. The number of nitrogens with one attached hydrogen (secondary N) is 1. The van der Waals surface area contributed by atoms with Crippen molar-refractivity contribution in [3.63, 3.8) is 0 Å². The maximum Gasteiger partial charge on any atom is 0.321 e. The lowest BCUT2D eigenvalue weighted by molar-refractivity contribution is -0.138. The fourth-order valence-electron chi connectivity index (χ4n) is 5.41. The first-order valence-electron chi connectivity index (χ1n) is 12.2. The van der Waals surface area contributed by atoms with Crippen molar-refractivity contribution in [2.75, 3.05) is 44.6 Å². The molecular weight excluding hydrogens is 388 g/mol. The second kappa shape index (κ2) is 10.0. The quantitative estimate of drug-likeness (QED) is 0.770. The molecule has 1 aliphatic carbocycles. The number of carbonyl (C=O) groups excluding carboxylic acids is 2. The molecule has 3 fully saturated rings. The fraction of sp³-hybridized carbons (Fsp3) is 0.680. The van der Waals surface area contributed by atoms with Gasteiger partial charge < -0.3 is 15.1 Å². The monoisotopic (exact) mass is 426 g/mol. The summed E-state index contributed by atoms with van der Waals surface area (Å²) in [6.07, 6.45) is 7.08. The van der Waals surface area contributed by atoms with E-state index in [0.717, 1.165) is 57.5 Å². The Morgan fingerprint density at radius 1 is 0.839 bits per heavy atom. The molecule has 1 saturated carbocycles. The molecule has 1 unspecified atom stereocenters. The summed E-state index contributed by atoms with van der Waals surface area (Å²) in [5.41, 5.74) is 2.11. The predicted octanol–water partition coefficient (Wildman–Crippen LogP) is 4.14. The molecule has 1 aromatic carbocycles. The molecule has 2 saturated heterocycles. The molecule has 0 aromatic heterocycles. The van der Waals surface area contributed by atoms with E-state index in [1.54, 1.807) is 0 Å². The van der Waals surface area contributed by atoms with Crippen LogP contribution in [0.25, 0.3) is 0 Å². The maximum atomic E-state index is 13.4. The van der Waals surface area contributed by atoms with Gasteiger partial charge in [-0.05, 0) is 55.2 Å². The summed E-state index contributed by atoms with van der Waals surface area (Å²) in [7, 11) is 0. The Balaban J connectivity index is 1.34. The SMILES string of the molecule is CC(C)c1ccc(NC(=O)N2CCN(C(C(=O)N3CCCC3)C3CCCC3)CC2)cc1. The van der Waals surface area contributed by atoms with Gasteiger partial charge in [0, 0.05) is 45.0 Å². The van der Waals surface area contributed by atoms with Gasteiger partial charge in [-0.15, -0.1) is 0 Å². The van der Waals surface area contributed by atoms with Gasteiger partial charge in [-0.25, -0.2) is 4.79 Å². The Morgan fingerprint density at radius 2 is 1.45 bits per heavy atom. The van der Waals surface area contributed by atoms with Crippen LogP contribution in [0.3, 0.4) is 0 Å². The third-order valence-electron chi connectivity index (χ3n) is 7.34. The average Bonchev–Trinajstić information content (AvgIpc) is 3.49. The molecule has 1 aromatic rings. The normalized spacial score (nSPS) is 21.6. The topological polar surface area (TPSA) is 55.9 Å². The largest absolute Gasteiger partial charge is 0.341 e. The zero-order valence-electron chi connectivity index (χ0n) is 19.2. The molecule has 0 spiro atoms. The Kier molecular flexibility index (Phi) is 7.16. The van der Waals surface area contributed by atoms with Gasteiger partial charge in [0.1, 0.15) is 0 Å². The number of rotatable bonds is 5. The number of benzene rings is 1. The third kappa shape index (κ3) is 5.22.